The maximum absolute atomic E-state index is 12.6. The van der Waals surface area contributed by atoms with Gasteiger partial charge < -0.3 is 14.6 Å². The molecule has 0 bridgehead atoms. The molecule has 0 saturated heterocycles. The standard InChI is InChI=1S/C17H20O6/c1-3-22-14(19)10-11-6-5-7-12-15(20)13(18)8-9-17(11,12)16(21)23-4-2/h5-6,8-9,11,20H,3-4,7,10H2,1-2H3/t11-,17-/m1/s1. The van der Waals surface area contributed by atoms with Crippen LogP contribution in [-0.4, -0.2) is 36.0 Å². The summed E-state index contributed by atoms with van der Waals surface area (Å²) >= 11 is 0. The molecule has 2 aliphatic rings. The molecule has 124 valence electrons. The Morgan fingerprint density at radius 3 is 2.65 bits per heavy atom. The highest BCUT2D eigenvalue weighted by Gasteiger charge is 2.52. The van der Waals surface area contributed by atoms with Crippen LogP contribution in [0.2, 0.25) is 0 Å². The molecule has 23 heavy (non-hydrogen) atoms. The molecule has 0 fully saturated rings. The van der Waals surface area contributed by atoms with Gasteiger partial charge in [-0.1, -0.05) is 18.2 Å². The van der Waals surface area contributed by atoms with Crippen LogP contribution in [0.5, 0.6) is 0 Å². The molecule has 0 radical (unpaired) electrons. The number of aliphatic hydroxyl groups excluding tert-OH is 1. The summed E-state index contributed by atoms with van der Waals surface area (Å²) in [4.78, 5) is 36.3. The fourth-order valence-corrected chi connectivity index (χ4v) is 3.07. The molecule has 0 spiro atoms. The minimum absolute atomic E-state index is 0.0432. The summed E-state index contributed by atoms with van der Waals surface area (Å²) in [5, 5.41) is 10.1. The van der Waals surface area contributed by atoms with Crippen molar-refractivity contribution in [1.29, 1.82) is 0 Å². The Morgan fingerprint density at radius 2 is 2.00 bits per heavy atom. The summed E-state index contributed by atoms with van der Waals surface area (Å²) in [7, 11) is 0. The fraction of sp³-hybridized carbons (Fsp3) is 0.471. The number of hydrogen-bond donors (Lipinski definition) is 1. The Labute approximate surface area is 134 Å². The quantitative estimate of drug-likeness (QED) is 0.615. The average molecular weight is 320 g/mol. The van der Waals surface area contributed by atoms with E-state index in [1.165, 1.54) is 6.08 Å². The van der Waals surface area contributed by atoms with Crippen LogP contribution < -0.4 is 0 Å². The topological polar surface area (TPSA) is 89.9 Å². The minimum atomic E-state index is -1.34. The smallest absolute Gasteiger partial charge is 0.320 e. The molecule has 1 N–H and O–H groups in total. The number of carbonyl (C=O) groups excluding carboxylic acids is 3. The van der Waals surface area contributed by atoms with Crippen molar-refractivity contribution in [2.45, 2.75) is 26.7 Å². The molecule has 2 rings (SSSR count). The molecule has 0 aromatic rings. The molecular weight excluding hydrogens is 300 g/mol. The van der Waals surface area contributed by atoms with Crippen LogP contribution in [0.4, 0.5) is 0 Å². The van der Waals surface area contributed by atoms with Crippen molar-refractivity contribution < 1.29 is 29.0 Å². The highest BCUT2D eigenvalue weighted by Crippen LogP contribution is 2.49. The maximum Gasteiger partial charge on any atom is 0.320 e. The van der Waals surface area contributed by atoms with Crippen molar-refractivity contribution >= 4 is 17.7 Å². The third kappa shape index (κ3) is 2.93. The Balaban J connectivity index is 2.49. The number of esters is 2. The van der Waals surface area contributed by atoms with Crippen molar-refractivity contribution in [2.75, 3.05) is 13.2 Å². The molecule has 0 heterocycles. The first-order valence-electron chi connectivity index (χ1n) is 7.63. The zero-order valence-corrected chi connectivity index (χ0v) is 13.2. The predicted molar refractivity (Wildman–Crippen MR) is 81.4 cm³/mol. The number of carbonyl (C=O) groups is 3. The van der Waals surface area contributed by atoms with Gasteiger partial charge in [0.15, 0.2) is 5.76 Å². The molecule has 6 nitrogen and oxygen atoms in total. The first-order chi connectivity index (χ1) is 11.0. The van der Waals surface area contributed by atoms with Gasteiger partial charge >= 0.3 is 11.9 Å². The molecule has 2 atom stereocenters. The Hall–Kier alpha value is -2.37. The monoisotopic (exact) mass is 320 g/mol. The van der Waals surface area contributed by atoms with Crippen molar-refractivity contribution in [2.24, 2.45) is 11.3 Å². The van der Waals surface area contributed by atoms with Gasteiger partial charge in [0.05, 0.1) is 19.6 Å². The average Bonchev–Trinajstić information content (AvgIpc) is 2.52. The summed E-state index contributed by atoms with van der Waals surface area (Å²) < 4.78 is 10.1. The van der Waals surface area contributed by atoms with E-state index in [-0.39, 0.29) is 31.6 Å². The van der Waals surface area contributed by atoms with Gasteiger partial charge in [0, 0.05) is 11.5 Å². The largest absolute Gasteiger partial charge is 0.504 e. The first kappa shape index (κ1) is 17.0. The molecule has 0 aromatic carbocycles. The van der Waals surface area contributed by atoms with E-state index in [4.69, 9.17) is 9.47 Å². The van der Waals surface area contributed by atoms with E-state index < -0.39 is 34.8 Å². The summed E-state index contributed by atoms with van der Waals surface area (Å²) in [6.45, 7) is 3.77. The minimum Gasteiger partial charge on any atom is -0.504 e. The number of fused-ring (bicyclic) bond motifs is 1. The van der Waals surface area contributed by atoms with E-state index in [9.17, 15) is 19.5 Å². The second kappa shape index (κ2) is 6.81. The molecule has 0 amide bonds. The van der Waals surface area contributed by atoms with Crippen LogP contribution in [0.3, 0.4) is 0 Å². The molecule has 0 aromatic heterocycles. The zero-order chi connectivity index (χ0) is 17.0. The van der Waals surface area contributed by atoms with Gasteiger partial charge in [-0.2, -0.15) is 0 Å². The second-order valence-electron chi connectivity index (χ2n) is 5.36. The molecule has 2 aliphatic carbocycles. The van der Waals surface area contributed by atoms with Gasteiger partial charge in [0.25, 0.3) is 0 Å². The lowest BCUT2D eigenvalue weighted by atomic mass is 9.62. The van der Waals surface area contributed by atoms with Crippen molar-refractivity contribution in [3.8, 4) is 0 Å². The number of aliphatic hydroxyl groups is 1. The number of ketones is 1. The molecule has 0 aliphatic heterocycles. The number of ether oxygens (including phenoxy) is 2. The first-order valence-corrected chi connectivity index (χ1v) is 7.63. The van der Waals surface area contributed by atoms with Gasteiger partial charge in [-0.25, -0.2) is 0 Å². The summed E-state index contributed by atoms with van der Waals surface area (Å²) in [6.07, 6.45) is 6.28. The van der Waals surface area contributed by atoms with Crippen LogP contribution in [0, 0.1) is 11.3 Å². The lowest BCUT2D eigenvalue weighted by Gasteiger charge is -2.40. The predicted octanol–water partition coefficient (Wildman–Crippen LogP) is 2.02. The molecule has 6 heteroatoms. The zero-order valence-electron chi connectivity index (χ0n) is 13.2. The van der Waals surface area contributed by atoms with Crippen LogP contribution >= 0.6 is 0 Å². The van der Waals surface area contributed by atoms with E-state index in [0.29, 0.717) is 0 Å². The molecule has 0 saturated carbocycles. The number of allylic oxidation sites excluding steroid dienone is 3. The van der Waals surface area contributed by atoms with E-state index in [0.717, 1.165) is 6.08 Å². The Bertz CT molecular complexity index is 613. The summed E-state index contributed by atoms with van der Waals surface area (Å²) in [5.74, 6) is -2.60. The Morgan fingerprint density at radius 1 is 1.30 bits per heavy atom. The SMILES string of the molecule is CCOC(=O)C[C@H]1C=CCC2=C(O)C(=O)C=C[C@]21C(=O)OCC. The van der Waals surface area contributed by atoms with Gasteiger partial charge in [-0.3, -0.25) is 14.4 Å². The van der Waals surface area contributed by atoms with E-state index in [1.54, 1.807) is 26.0 Å². The summed E-state index contributed by atoms with van der Waals surface area (Å²) in [6, 6.07) is 0. The normalized spacial score (nSPS) is 26.0. The number of rotatable bonds is 5. The molecular formula is C17H20O6. The Kier molecular flexibility index (Phi) is 5.03. The van der Waals surface area contributed by atoms with E-state index in [2.05, 4.69) is 0 Å². The van der Waals surface area contributed by atoms with Gasteiger partial charge in [-0.05, 0) is 26.3 Å². The lowest BCUT2D eigenvalue weighted by molar-refractivity contribution is -0.154. The molecule has 0 unspecified atom stereocenters. The fourth-order valence-electron chi connectivity index (χ4n) is 3.07. The maximum atomic E-state index is 12.6. The highest BCUT2D eigenvalue weighted by atomic mass is 16.5. The lowest BCUT2D eigenvalue weighted by Crippen LogP contribution is -2.44. The summed E-state index contributed by atoms with van der Waals surface area (Å²) in [5.41, 5.74) is -1.06. The second-order valence-corrected chi connectivity index (χ2v) is 5.36. The van der Waals surface area contributed by atoms with Crippen LogP contribution in [0.15, 0.2) is 35.6 Å². The van der Waals surface area contributed by atoms with Crippen LogP contribution in [0.1, 0.15) is 26.7 Å². The van der Waals surface area contributed by atoms with Crippen LogP contribution in [0.25, 0.3) is 0 Å². The third-order valence-corrected chi connectivity index (χ3v) is 4.10. The van der Waals surface area contributed by atoms with E-state index in [1.807, 2.05) is 0 Å². The van der Waals surface area contributed by atoms with Crippen molar-refractivity contribution in [3.63, 3.8) is 0 Å². The number of hydrogen-bond acceptors (Lipinski definition) is 6. The van der Waals surface area contributed by atoms with E-state index >= 15 is 0 Å². The van der Waals surface area contributed by atoms with Gasteiger partial charge in [0.1, 0.15) is 5.41 Å². The highest BCUT2D eigenvalue weighted by molar-refractivity contribution is 6.06. The third-order valence-electron chi connectivity index (χ3n) is 4.10. The van der Waals surface area contributed by atoms with Crippen LogP contribution in [-0.2, 0) is 23.9 Å². The van der Waals surface area contributed by atoms with Crippen molar-refractivity contribution in [3.05, 3.63) is 35.6 Å². The van der Waals surface area contributed by atoms with Gasteiger partial charge in [-0.15, -0.1) is 0 Å². The van der Waals surface area contributed by atoms with Crippen molar-refractivity contribution in [1.82, 2.24) is 0 Å². The van der Waals surface area contributed by atoms with Gasteiger partial charge in [0.2, 0.25) is 5.78 Å².